The Morgan fingerprint density at radius 2 is 1.83 bits per heavy atom. The molecule has 3 aromatic rings. The molecule has 2 fully saturated rings. The van der Waals surface area contributed by atoms with Gasteiger partial charge in [-0.3, -0.25) is 13.9 Å². The number of hydrogen-bond donors (Lipinski definition) is 4. The Kier molecular flexibility index (Phi) is 9.11. The molecule has 1 aliphatic carbocycles. The third-order valence-electron chi connectivity index (χ3n) is 7.49. The Bertz CT molecular complexity index is 1430. The van der Waals surface area contributed by atoms with Crippen molar-refractivity contribution in [1.29, 1.82) is 0 Å². The van der Waals surface area contributed by atoms with Crippen LogP contribution in [0.25, 0.3) is 11.2 Å². The van der Waals surface area contributed by atoms with E-state index in [9.17, 15) is 19.6 Å². The first-order chi connectivity index (χ1) is 20.0. The number of aryl methyl sites for hydroxylation is 1. The van der Waals surface area contributed by atoms with E-state index in [1.807, 2.05) is 6.92 Å². The zero-order valence-corrected chi connectivity index (χ0v) is 24.6. The van der Waals surface area contributed by atoms with Gasteiger partial charge in [-0.1, -0.05) is 24.1 Å². The van der Waals surface area contributed by atoms with E-state index in [4.69, 9.17) is 24.3 Å². The van der Waals surface area contributed by atoms with Gasteiger partial charge in [0, 0.05) is 0 Å². The van der Waals surface area contributed by atoms with Gasteiger partial charge in [0.2, 0.25) is 0 Å². The minimum atomic E-state index is -4.28. The molecule has 7 atom stereocenters. The molecule has 14 nitrogen and oxygen atoms in total. The van der Waals surface area contributed by atoms with Crippen LogP contribution in [0, 0.1) is 6.92 Å². The fraction of sp³-hybridized carbons (Fsp3) is 0.556. The van der Waals surface area contributed by atoms with E-state index in [0.29, 0.717) is 11.2 Å². The van der Waals surface area contributed by atoms with Crippen molar-refractivity contribution < 1.29 is 38.1 Å². The molecule has 228 valence electrons. The minimum absolute atomic E-state index is 0.149. The molecule has 15 heteroatoms. The fourth-order valence-electron chi connectivity index (χ4n) is 5.19. The molecule has 0 bridgehead atoms. The first-order valence-corrected chi connectivity index (χ1v) is 15.6. The van der Waals surface area contributed by atoms with Crippen molar-refractivity contribution in [3.8, 4) is 5.75 Å². The third kappa shape index (κ3) is 6.59. The van der Waals surface area contributed by atoms with Crippen molar-refractivity contribution in [1.82, 2.24) is 24.6 Å². The number of carbonyl (C=O) groups is 1. The number of fused-ring (bicyclic) bond motifs is 1. The number of esters is 1. The molecular formula is C27H37N6O8P. The summed E-state index contributed by atoms with van der Waals surface area (Å²) >= 11 is 0. The molecule has 2 aromatic heterocycles. The summed E-state index contributed by atoms with van der Waals surface area (Å²) in [6, 6.07) is 5.77. The highest BCUT2D eigenvalue weighted by Crippen LogP contribution is 2.48. The van der Waals surface area contributed by atoms with Gasteiger partial charge in [-0.25, -0.2) is 19.5 Å². The van der Waals surface area contributed by atoms with Crippen molar-refractivity contribution in [3.63, 3.8) is 0 Å². The molecule has 0 radical (unpaired) electrons. The van der Waals surface area contributed by atoms with Gasteiger partial charge in [-0.2, -0.15) is 5.09 Å². The molecule has 1 saturated carbocycles. The summed E-state index contributed by atoms with van der Waals surface area (Å²) in [5.74, 6) is -0.187. The number of aliphatic hydroxyl groups is 2. The molecule has 5 N–H and O–H groups in total. The predicted molar refractivity (Wildman–Crippen MR) is 151 cm³/mol. The van der Waals surface area contributed by atoms with Crippen LogP contribution in [0.15, 0.2) is 36.9 Å². The average molecular weight is 605 g/mol. The molecule has 1 aromatic carbocycles. The highest BCUT2D eigenvalue weighted by Gasteiger charge is 2.49. The fourth-order valence-corrected chi connectivity index (χ4v) is 6.89. The maximum Gasteiger partial charge on any atom is 0.459 e. The maximum absolute atomic E-state index is 14.1. The molecular weight excluding hydrogens is 567 g/mol. The van der Waals surface area contributed by atoms with Crippen LogP contribution in [0.1, 0.15) is 57.7 Å². The Morgan fingerprint density at radius 3 is 2.55 bits per heavy atom. The van der Waals surface area contributed by atoms with Crippen molar-refractivity contribution >= 4 is 30.7 Å². The number of nitrogens with zero attached hydrogens (tertiary/aromatic N) is 4. The Morgan fingerprint density at radius 1 is 1.12 bits per heavy atom. The van der Waals surface area contributed by atoms with E-state index >= 15 is 0 Å². The normalized spacial score (nSPS) is 26.0. The summed E-state index contributed by atoms with van der Waals surface area (Å²) in [6.45, 7) is 4.93. The molecule has 0 spiro atoms. The average Bonchev–Trinajstić information content (AvgIpc) is 3.52. The van der Waals surface area contributed by atoms with Gasteiger partial charge in [-0.15, -0.1) is 0 Å². The molecule has 2 aliphatic rings. The number of aromatic nitrogens is 4. The summed E-state index contributed by atoms with van der Waals surface area (Å²) in [6.07, 6.45) is 0.897. The predicted octanol–water partition coefficient (Wildman–Crippen LogP) is 2.78. The van der Waals surface area contributed by atoms with Crippen molar-refractivity contribution in [3.05, 3.63) is 42.5 Å². The smallest absolute Gasteiger partial charge is 0.459 e. The lowest BCUT2D eigenvalue weighted by Gasteiger charge is -2.29. The molecule has 42 heavy (non-hydrogen) atoms. The zero-order chi connectivity index (χ0) is 30.0. The summed E-state index contributed by atoms with van der Waals surface area (Å²) in [5.41, 5.74) is 7.45. The van der Waals surface area contributed by atoms with E-state index in [1.165, 1.54) is 31.1 Å². The summed E-state index contributed by atoms with van der Waals surface area (Å²) in [7, 11) is -4.28. The van der Waals surface area contributed by atoms with Crippen molar-refractivity contribution in [2.75, 3.05) is 5.73 Å². The first kappa shape index (κ1) is 30.3. The molecule has 3 heterocycles. The highest BCUT2D eigenvalue weighted by molar-refractivity contribution is 7.52. The van der Waals surface area contributed by atoms with Gasteiger partial charge < -0.3 is 29.9 Å². The number of imidazole rings is 1. The van der Waals surface area contributed by atoms with Crippen molar-refractivity contribution in [2.24, 2.45) is 0 Å². The maximum atomic E-state index is 14.1. The second kappa shape index (κ2) is 12.6. The van der Waals surface area contributed by atoms with E-state index in [1.54, 1.807) is 24.3 Å². The van der Waals surface area contributed by atoms with E-state index < -0.39 is 50.4 Å². The van der Waals surface area contributed by atoms with Crippen LogP contribution in [0.4, 0.5) is 5.82 Å². The van der Waals surface area contributed by atoms with E-state index in [2.05, 4.69) is 20.0 Å². The topological polar surface area (TPSA) is 193 Å². The number of rotatable bonds is 10. The molecule has 1 saturated heterocycles. The van der Waals surface area contributed by atoms with Crippen molar-refractivity contribution in [2.45, 2.75) is 95.7 Å². The van der Waals surface area contributed by atoms with Gasteiger partial charge in [0.1, 0.15) is 48.1 Å². The lowest BCUT2D eigenvalue weighted by molar-refractivity contribution is -0.152. The lowest BCUT2D eigenvalue weighted by Crippen LogP contribution is -2.41. The second-order valence-electron chi connectivity index (χ2n) is 10.8. The number of hydrogen-bond acceptors (Lipinski definition) is 12. The number of aliphatic hydroxyl groups excluding tert-OH is 2. The van der Waals surface area contributed by atoms with Gasteiger partial charge >= 0.3 is 13.7 Å². The number of nitrogens with two attached hydrogens (primary N) is 1. The van der Waals surface area contributed by atoms with Gasteiger partial charge in [0.15, 0.2) is 17.7 Å². The lowest BCUT2D eigenvalue weighted by atomic mass is 9.98. The molecule has 5 rings (SSSR count). The minimum Gasteiger partial charge on any atom is -0.461 e. The van der Waals surface area contributed by atoms with E-state index in [-0.39, 0.29) is 17.7 Å². The Balaban J connectivity index is 1.33. The highest BCUT2D eigenvalue weighted by atomic mass is 31.2. The third-order valence-corrected chi connectivity index (χ3v) is 9.26. The van der Waals surface area contributed by atoms with Crippen LogP contribution in [0.5, 0.6) is 5.75 Å². The standard InChI is InChI=1S/C27H37N6O8P/c1-15-9-11-19(12-10-15)41-42(37,32-16(2)27(36)38-18-7-5-4-6-8-18)40-17(3)23-21(34)22(35)26(39-23)33-14-31-20-24(28)29-13-30-25(20)33/h9-14,16-18,21-23,26,34-35H,4-8H2,1-3H3,(H,32,37)(H2,28,29,30)/t16?,17?,21-,22+,23?,26?,42?/m0/s1. The van der Waals surface area contributed by atoms with E-state index in [0.717, 1.165) is 37.7 Å². The Hall–Kier alpha value is -3.13. The number of nitrogens with one attached hydrogen (secondary N) is 1. The number of benzene rings is 1. The number of nitrogen functional groups attached to an aromatic ring is 1. The summed E-state index contributed by atoms with van der Waals surface area (Å²) < 4.78 is 38.9. The summed E-state index contributed by atoms with van der Waals surface area (Å²) in [5, 5.41) is 24.5. The van der Waals surface area contributed by atoms with Gasteiger partial charge in [-0.05, 0) is 58.6 Å². The van der Waals surface area contributed by atoms with Crippen LogP contribution in [0.3, 0.4) is 0 Å². The molecule has 0 amide bonds. The molecule has 1 aliphatic heterocycles. The van der Waals surface area contributed by atoms with Crippen LogP contribution in [0.2, 0.25) is 0 Å². The first-order valence-electron chi connectivity index (χ1n) is 14.0. The number of anilines is 1. The zero-order valence-electron chi connectivity index (χ0n) is 23.7. The largest absolute Gasteiger partial charge is 0.461 e. The van der Waals surface area contributed by atoms with Crippen LogP contribution < -0.4 is 15.3 Å². The van der Waals surface area contributed by atoms with Crippen LogP contribution >= 0.6 is 7.75 Å². The second-order valence-corrected chi connectivity index (χ2v) is 12.5. The van der Waals surface area contributed by atoms with Crippen LogP contribution in [-0.4, -0.2) is 72.3 Å². The Labute approximate surface area is 243 Å². The molecule has 5 unspecified atom stereocenters. The number of carbonyl (C=O) groups excluding carboxylic acids is 1. The summed E-state index contributed by atoms with van der Waals surface area (Å²) in [4.78, 5) is 25.1. The quantitative estimate of drug-likeness (QED) is 0.195. The monoisotopic (exact) mass is 604 g/mol. The van der Waals surface area contributed by atoms with Gasteiger partial charge in [0.25, 0.3) is 0 Å². The SMILES string of the molecule is Cc1ccc(OP(=O)(NC(C)C(=O)OC2CCCCC2)OC(C)C2OC(n3cnc4c(N)ncnc43)[C@H](O)[C@@H]2O)cc1. The van der Waals surface area contributed by atoms with Gasteiger partial charge in [0.05, 0.1) is 12.4 Å². The number of ether oxygens (including phenoxy) is 2. The van der Waals surface area contributed by atoms with Crippen LogP contribution in [-0.2, 0) is 23.4 Å².